The Kier molecular flexibility index (Phi) is 5.83. The third-order valence-electron chi connectivity index (χ3n) is 4.66. The van der Waals surface area contributed by atoms with Gasteiger partial charge in [-0.2, -0.15) is 0 Å². The van der Waals surface area contributed by atoms with Crippen molar-refractivity contribution in [3.8, 4) is 0 Å². The zero-order valence-electron chi connectivity index (χ0n) is 14.1. The summed E-state index contributed by atoms with van der Waals surface area (Å²) in [6.45, 7) is 7.83. The molecule has 0 radical (unpaired) electrons. The van der Waals surface area contributed by atoms with E-state index in [1.165, 1.54) is 30.4 Å². The van der Waals surface area contributed by atoms with E-state index in [1.54, 1.807) is 0 Å². The molecule has 0 saturated heterocycles. The molecule has 1 aromatic rings. The van der Waals surface area contributed by atoms with Crippen molar-refractivity contribution < 1.29 is 4.74 Å². The van der Waals surface area contributed by atoms with Gasteiger partial charge in [0.15, 0.2) is 0 Å². The van der Waals surface area contributed by atoms with Crippen LogP contribution in [0.2, 0.25) is 0 Å². The third kappa shape index (κ3) is 3.87. The average molecular weight is 289 g/mol. The monoisotopic (exact) mass is 289 g/mol. The Balaban J connectivity index is 2.23. The zero-order valence-corrected chi connectivity index (χ0v) is 14.1. The summed E-state index contributed by atoms with van der Waals surface area (Å²) in [5, 5.41) is 3.73. The standard InChI is InChI=1S/C19H31NO/c1-5-12-20-18(19(21-4)10-7-11-19)17-9-6-8-16(14-17)13-15(2)3/h6,8-9,14-15,18,20H,5,7,10-13H2,1-4H3. The summed E-state index contributed by atoms with van der Waals surface area (Å²) in [4.78, 5) is 0. The van der Waals surface area contributed by atoms with Gasteiger partial charge in [0.2, 0.25) is 0 Å². The Morgan fingerprint density at radius 2 is 2.05 bits per heavy atom. The molecule has 0 heterocycles. The Bertz CT molecular complexity index is 431. The lowest BCUT2D eigenvalue weighted by atomic mass is 9.72. The number of methoxy groups -OCH3 is 1. The van der Waals surface area contributed by atoms with E-state index in [-0.39, 0.29) is 5.60 Å². The number of benzene rings is 1. The fourth-order valence-corrected chi connectivity index (χ4v) is 3.40. The first-order chi connectivity index (χ1) is 10.1. The van der Waals surface area contributed by atoms with Crippen LogP contribution in [0.15, 0.2) is 24.3 Å². The maximum Gasteiger partial charge on any atom is 0.0872 e. The van der Waals surface area contributed by atoms with Gasteiger partial charge < -0.3 is 10.1 Å². The second-order valence-electron chi connectivity index (χ2n) is 6.85. The second kappa shape index (κ2) is 7.42. The molecule has 1 fully saturated rings. The minimum atomic E-state index is 0.00558. The van der Waals surface area contributed by atoms with Gasteiger partial charge in [-0.3, -0.25) is 0 Å². The van der Waals surface area contributed by atoms with Crippen molar-refractivity contribution >= 4 is 0 Å². The first kappa shape index (κ1) is 16.5. The molecule has 1 saturated carbocycles. The Labute approximate surface area is 130 Å². The summed E-state index contributed by atoms with van der Waals surface area (Å²) in [5.74, 6) is 0.697. The van der Waals surface area contributed by atoms with Gasteiger partial charge in [-0.1, -0.05) is 45.0 Å². The van der Waals surface area contributed by atoms with E-state index < -0.39 is 0 Å². The van der Waals surface area contributed by atoms with Crippen molar-refractivity contribution in [1.29, 1.82) is 0 Å². The van der Waals surface area contributed by atoms with Gasteiger partial charge in [0, 0.05) is 7.11 Å². The normalized spacial score (nSPS) is 18.5. The van der Waals surface area contributed by atoms with Gasteiger partial charge in [-0.25, -0.2) is 0 Å². The number of rotatable bonds is 8. The minimum absolute atomic E-state index is 0.00558. The van der Waals surface area contributed by atoms with E-state index >= 15 is 0 Å². The Morgan fingerprint density at radius 1 is 1.29 bits per heavy atom. The maximum absolute atomic E-state index is 5.95. The van der Waals surface area contributed by atoms with Gasteiger partial charge in [-0.15, -0.1) is 0 Å². The molecule has 0 aliphatic heterocycles. The van der Waals surface area contributed by atoms with Crippen LogP contribution >= 0.6 is 0 Å². The van der Waals surface area contributed by atoms with Crippen LogP contribution in [0.25, 0.3) is 0 Å². The van der Waals surface area contributed by atoms with Crippen LogP contribution in [0.3, 0.4) is 0 Å². The molecule has 118 valence electrons. The van der Waals surface area contributed by atoms with Crippen LogP contribution in [-0.4, -0.2) is 19.3 Å². The topological polar surface area (TPSA) is 21.3 Å². The van der Waals surface area contributed by atoms with Crippen LogP contribution in [-0.2, 0) is 11.2 Å². The highest BCUT2D eigenvalue weighted by atomic mass is 16.5. The summed E-state index contributed by atoms with van der Waals surface area (Å²) < 4.78 is 5.95. The van der Waals surface area contributed by atoms with Crippen molar-refractivity contribution in [2.75, 3.05) is 13.7 Å². The minimum Gasteiger partial charge on any atom is -0.376 e. The molecule has 1 unspecified atom stereocenters. The maximum atomic E-state index is 5.95. The van der Waals surface area contributed by atoms with Crippen LogP contribution in [0.1, 0.15) is 63.6 Å². The highest BCUT2D eigenvalue weighted by molar-refractivity contribution is 5.29. The molecule has 1 aromatic carbocycles. The Morgan fingerprint density at radius 3 is 2.57 bits per heavy atom. The van der Waals surface area contributed by atoms with Gasteiger partial charge in [0.05, 0.1) is 11.6 Å². The van der Waals surface area contributed by atoms with E-state index in [0.717, 1.165) is 19.4 Å². The summed E-state index contributed by atoms with van der Waals surface area (Å²) in [6.07, 6.45) is 5.92. The molecule has 0 spiro atoms. The van der Waals surface area contributed by atoms with Crippen molar-refractivity contribution in [3.63, 3.8) is 0 Å². The van der Waals surface area contributed by atoms with Crippen molar-refractivity contribution in [2.24, 2.45) is 5.92 Å². The number of ether oxygens (including phenoxy) is 1. The molecule has 1 aliphatic rings. The third-order valence-corrected chi connectivity index (χ3v) is 4.66. The van der Waals surface area contributed by atoms with Crippen molar-refractivity contribution in [3.05, 3.63) is 35.4 Å². The lowest BCUT2D eigenvalue weighted by Gasteiger charge is -2.47. The summed E-state index contributed by atoms with van der Waals surface area (Å²) in [7, 11) is 1.87. The molecule has 0 bridgehead atoms. The van der Waals surface area contributed by atoms with Gasteiger partial charge in [-0.05, 0) is 55.7 Å². The van der Waals surface area contributed by atoms with E-state index in [9.17, 15) is 0 Å². The highest BCUT2D eigenvalue weighted by Gasteiger charge is 2.44. The summed E-state index contributed by atoms with van der Waals surface area (Å²) in [6, 6.07) is 9.42. The fourth-order valence-electron chi connectivity index (χ4n) is 3.40. The van der Waals surface area contributed by atoms with Crippen LogP contribution in [0.5, 0.6) is 0 Å². The van der Waals surface area contributed by atoms with Crippen LogP contribution < -0.4 is 5.32 Å². The van der Waals surface area contributed by atoms with Crippen molar-refractivity contribution in [2.45, 2.75) is 64.5 Å². The van der Waals surface area contributed by atoms with Crippen LogP contribution in [0, 0.1) is 5.92 Å². The van der Waals surface area contributed by atoms with E-state index in [1.807, 2.05) is 7.11 Å². The van der Waals surface area contributed by atoms with Gasteiger partial charge in [0.25, 0.3) is 0 Å². The molecule has 0 aromatic heterocycles. The zero-order chi connectivity index (χ0) is 15.3. The van der Waals surface area contributed by atoms with E-state index in [4.69, 9.17) is 4.74 Å². The highest BCUT2D eigenvalue weighted by Crippen LogP contribution is 2.45. The number of nitrogens with one attached hydrogen (secondary N) is 1. The van der Waals surface area contributed by atoms with Crippen molar-refractivity contribution in [1.82, 2.24) is 5.32 Å². The molecule has 2 nitrogen and oxygen atoms in total. The molecular weight excluding hydrogens is 258 g/mol. The predicted octanol–water partition coefficient (Wildman–Crippen LogP) is 4.49. The number of hydrogen-bond donors (Lipinski definition) is 1. The predicted molar refractivity (Wildman–Crippen MR) is 89.6 cm³/mol. The van der Waals surface area contributed by atoms with E-state index in [2.05, 4.69) is 50.4 Å². The summed E-state index contributed by atoms with van der Waals surface area (Å²) in [5.41, 5.74) is 2.84. The van der Waals surface area contributed by atoms with Gasteiger partial charge >= 0.3 is 0 Å². The first-order valence-corrected chi connectivity index (χ1v) is 8.48. The molecule has 2 heteroatoms. The van der Waals surface area contributed by atoms with Gasteiger partial charge in [0.1, 0.15) is 0 Å². The van der Waals surface area contributed by atoms with Crippen LogP contribution in [0.4, 0.5) is 0 Å². The lowest BCUT2D eigenvalue weighted by Crippen LogP contribution is -2.50. The lowest BCUT2D eigenvalue weighted by molar-refractivity contribution is -0.0997. The molecule has 1 N–H and O–H groups in total. The second-order valence-corrected chi connectivity index (χ2v) is 6.85. The fraction of sp³-hybridized carbons (Fsp3) is 0.684. The molecule has 2 rings (SSSR count). The quantitative estimate of drug-likeness (QED) is 0.761. The number of hydrogen-bond acceptors (Lipinski definition) is 2. The molecule has 0 amide bonds. The molecule has 21 heavy (non-hydrogen) atoms. The largest absolute Gasteiger partial charge is 0.376 e. The Hall–Kier alpha value is -0.860. The molecular formula is C19H31NO. The average Bonchev–Trinajstić information content (AvgIpc) is 2.41. The molecule has 1 atom stereocenters. The SMILES string of the molecule is CCCNC(c1cccc(CC(C)C)c1)C1(OC)CCC1. The smallest absolute Gasteiger partial charge is 0.0872 e. The molecule has 1 aliphatic carbocycles. The summed E-state index contributed by atoms with van der Waals surface area (Å²) >= 11 is 0. The first-order valence-electron chi connectivity index (χ1n) is 8.48. The van der Waals surface area contributed by atoms with E-state index in [0.29, 0.717) is 12.0 Å².